The van der Waals surface area contributed by atoms with E-state index in [-0.39, 0.29) is 24.0 Å². The molecule has 0 aliphatic carbocycles. The van der Waals surface area contributed by atoms with Crippen LogP contribution in [0.25, 0.3) is 0 Å². The smallest absolute Gasteiger partial charge is 0.191 e. The van der Waals surface area contributed by atoms with Gasteiger partial charge in [0.1, 0.15) is 17.4 Å². The fraction of sp³-hybridized carbons (Fsp3) is 0.529. The van der Waals surface area contributed by atoms with Crippen molar-refractivity contribution in [3.63, 3.8) is 0 Å². The number of aryl methyl sites for hydroxylation is 2. The highest BCUT2D eigenvalue weighted by molar-refractivity contribution is 14.0. The fourth-order valence-electron chi connectivity index (χ4n) is 2.04. The molecule has 0 bridgehead atoms. The highest BCUT2D eigenvalue weighted by Gasteiger charge is 2.04. The molecule has 0 aliphatic heterocycles. The summed E-state index contributed by atoms with van der Waals surface area (Å²) in [6, 6.07) is 3.78. The second-order valence-corrected chi connectivity index (χ2v) is 6.64. The van der Waals surface area contributed by atoms with Crippen LogP contribution < -0.4 is 10.6 Å². The number of halogens is 1. The predicted molar refractivity (Wildman–Crippen MR) is 113 cm³/mol. The Hall–Kier alpha value is -1.13. The van der Waals surface area contributed by atoms with E-state index in [1.165, 1.54) is 4.88 Å². The number of thiazole rings is 1. The Balaban J connectivity index is 0.00000312. The summed E-state index contributed by atoms with van der Waals surface area (Å²) in [7, 11) is 0. The van der Waals surface area contributed by atoms with E-state index >= 15 is 0 Å². The van der Waals surface area contributed by atoms with E-state index < -0.39 is 0 Å². The molecule has 2 aromatic heterocycles. The molecule has 8 heteroatoms. The molecule has 6 nitrogen and oxygen atoms in total. The number of rotatable bonds is 9. The Morgan fingerprint density at radius 2 is 2.20 bits per heavy atom. The Morgan fingerprint density at radius 3 is 2.84 bits per heavy atom. The van der Waals surface area contributed by atoms with Gasteiger partial charge in [-0.2, -0.15) is 0 Å². The molecule has 0 unspecified atom stereocenters. The lowest BCUT2D eigenvalue weighted by Gasteiger charge is -2.10. The molecule has 0 radical (unpaired) electrons. The standard InChI is InChI=1S/C17H26N4O2S.HI/c1-4-18-17(20-11-16-21-13(2)14(3)24-16)19-8-6-9-22-12-15-7-5-10-23-15;/h5,7,10H,4,6,8-9,11-12H2,1-3H3,(H2,18,19,20);1H. The van der Waals surface area contributed by atoms with E-state index in [9.17, 15) is 0 Å². The number of nitrogens with one attached hydrogen (secondary N) is 2. The van der Waals surface area contributed by atoms with Gasteiger partial charge >= 0.3 is 0 Å². The lowest BCUT2D eigenvalue weighted by atomic mass is 10.4. The summed E-state index contributed by atoms with van der Waals surface area (Å²) in [4.78, 5) is 10.4. The largest absolute Gasteiger partial charge is 0.467 e. The molecular formula is C17H27IN4O2S. The Morgan fingerprint density at radius 1 is 1.36 bits per heavy atom. The minimum atomic E-state index is 0. The van der Waals surface area contributed by atoms with Crippen LogP contribution in [-0.2, 0) is 17.9 Å². The van der Waals surface area contributed by atoms with Gasteiger partial charge in [-0.25, -0.2) is 9.98 Å². The van der Waals surface area contributed by atoms with Crippen molar-refractivity contribution in [3.05, 3.63) is 39.7 Å². The second-order valence-electron chi connectivity index (χ2n) is 5.36. The summed E-state index contributed by atoms with van der Waals surface area (Å²) in [6.45, 7) is 9.61. The van der Waals surface area contributed by atoms with Crippen LogP contribution in [0.5, 0.6) is 0 Å². The average Bonchev–Trinajstić information content (AvgIpc) is 3.18. The van der Waals surface area contributed by atoms with Gasteiger partial charge < -0.3 is 19.8 Å². The van der Waals surface area contributed by atoms with Gasteiger partial charge in [-0.15, -0.1) is 35.3 Å². The molecule has 2 rings (SSSR count). The molecular weight excluding hydrogens is 451 g/mol. The third kappa shape index (κ3) is 8.19. The van der Waals surface area contributed by atoms with Gasteiger partial charge in [-0.05, 0) is 39.3 Å². The maximum atomic E-state index is 5.56. The SMILES string of the molecule is CCNC(=NCc1nc(C)c(C)s1)NCCCOCc1ccco1.I. The number of aliphatic imine (C=N–C) groups is 1. The molecule has 0 saturated heterocycles. The number of guanidine groups is 1. The summed E-state index contributed by atoms with van der Waals surface area (Å²) in [5.74, 6) is 1.67. The van der Waals surface area contributed by atoms with Gasteiger partial charge in [0.25, 0.3) is 0 Å². The van der Waals surface area contributed by atoms with Crippen LogP contribution >= 0.6 is 35.3 Å². The molecule has 0 saturated carbocycles. The molecule has 0 fully saturated rings. The van der Waals surface area contributed by atoms with Gasteiger partial charge in [0, 0.05) is 24.6 Å². The van der Waals surface area contributed by atoms with E-state index in [2.05, 4.69) is 34.5 Å². The fourth-order valence-corrected chi connectivity index (χ4v) is 2.90. The predicted octanol–water partition coefficient (Wildman–Crippen LogP) is 3.63. The second kappa shape index (κ2) is 12.3. The maximum Gasteiger partial charge on any atom is 0.191 e. The zero-order chi connectivity index (χ0) is 17.2. The van der Waals surface area contributed by atoms with E-state index in [0.29, 0.717) is 19.8 Å². The Bertz CT molecular complexity index is 609. The summed E-state index contributed by atoms with van der Waals surface area (Å²) < 4.78 is 10.8. The van der Waals surface area contributed by atoms with Gasteiger partial charge in [0.05, 0.1) is 18.5 Å². The minimum absolute atomic E-state index is 0. The third-order valence-electron chi connectivity index (χ3n) is 3.37. The molecule has 0 amide bonds. The molecule has 2 N–H and O–H groups in total. The monoisotopic (exact) mass is 478 g/mol. The summed E-state index contributed by atoms with van der Waals surface area (Å²) in [5, 5.41) is 7.61. The topological polar surface area (TPSA) is 71.7 Å². The van der Waals surface area contributed by atoms with E-state index in [1.54, 1.807) is 17.6 Å². The van der Waals surface area contributed by atoms with Crippen molar-refractivity contribution in [1.29, 1.82) is 0 Å². The van der Waals surface area contributed by atoms with Crippen LogP contribution in [0.4, 0.5) is 0 Å². The number of hydrogen-bond donors (Lipinski definition) is 2. The molecule has 140 valence electrons. The molecule has 2 heterocycles. The van der Waals surface area contributed by atoms with Gasteiger partial charge in [-0.3, -0.25) is 0 Å². The quantitative estimate of drug-likeness (QED) is 0.249. The van der Waals surface area contributed by atoms with Crippen molar-refractivity contribution in [3.8, 4) is 0 Å². The summed E-state index contributed by atoms with van der Waals surface area (Å²) >= 11 is 1.71. The zero-order valence-corrected chi connectivity index (χ0v) is 18.1. The number of hydrogen-bond acceptors (Lipinski definition) is 5. The van der Waals surface area contributed by atoms with Gasteiger partial charge in [0.15, 0.2) is 5.96 Å². The van der Waals surface area contributed by atoms with Crippen LogP contribution in [0.2, 0.25) is 0 Å². The van der Waals surface area contributed by atoms with Crippen LogP contribution in [0.15, 0.2) is 27.8 Å². The summed E-state index contributed by atoms with van der Waals surface area (Å²) in [5.41, 5.74) is 1.09. The highest BCUT2D eigenvalue weighted by Crippen LogP contribution is 2.16. The van der Waals surface area contributed by atoms with E-state index in [4.69, 9.17) is 9.15 Å². The first-order valence-corrected chi connectivity index (χ1v) is 9.06. The molecule has 0 spiro atoms. The third-order valence-corrected chi connectivity index (χ3v) is 4.43. The number of ether oxygens (including phenoxy) is 1. The van der Waals surface area contributed by atoms with Crippen molar-refractivity contribution in [2.75, 3.05) is 19.7 Å². The zero-order valence-electron chi connectivity index (χ0n) is 15.0. The molecule has 0 atom stereocenters. The van der Waals surface area contributed by atoms with Crippen molar-refractivity contribution < 1.29 is 9.15 Å². The lowest BCUT2D eigenvalue weighted by Crippen LogP contribution is -2.38. The van der Waals surface area contributed by atoms with Crippen LogP contribution in [0.3, 0.4) is 0 Å². The average molecular weight is 478 g/mol. The first-order valence-electron chi connectivity index (χ1n) is 8.24. The molecule has 2 aromatic rings. The first-order chi connectivity index (χ1) is 11.7. The van der Waals surface area contributed by atoms with Crippen LogP contribution in [-0.4, -0.2) is 30.6 Å². The van der Waals surface area contributed by atoms with Crippen LogP contribution in [0.1, 0.15) is 34.7 Å². The van der Waals surface area contributed by atoms with Crippen LogP contribution in [0, 0.1) is 13.8 Å². The van der Waals surface area contributed by atoms with Crippen molar-refractivity contribution in [2.24, 2.45) is 4.99 Å². The highest BCUT2D eigenvalue weighted by atomic mass is 127. The van der Waals surface area contributed by atoms with Gasteiger partial charge in [-0.1, -0.05) is 0 Å². The van der Waals surface area contributed by atoms with E-state index in [1.807, 2.05) is 19.1 Å². The molecule has 0 aliphatic rings. The molecule has 25 heavy (non-hydrogen) atoms. The van der Waals surface area contributed by atoms with Crippen molar-refractivity contribution in [1.82, 2.24) is 15.6 Å². The first kappa shape index (κ1) is 21.9. The Labute approximate surface area is 170 Å². The normalized spacial score (nSPS) is 11.2. The van der Waals surface area contributed by atoms with Crippen molar-refractivity contribution in [2.45, 2.75) is 40.3 Å². The maximum absolute atomic E-state index is 5.56. The number of nitrogens with zero attached hydrogens (tertiary/aromatic N) is 2. The minimum Gasteiger partial charge on any atom is -0.467 e. The van der Waals surface area contributed by atoms with Crippen molar-refractivity contribution >= 4 is 41.3 Å². The lowest BCUT2D eigenvalue weighted by molar-refractivity contribution is 0.105. The Kier molecular flexibility index (Phi) is 10.7. The van der Waals surface area contributed by atoms with Gasteiger partial charge in [0.2, 0.25) is 0 Å². The summed E-state index contributed by atoms with van der Waals surface area (Å²) in [6.07, 6.45) is 2.56. The number of aromatic nitrogens is 1. The molecule has 0 aromatic carbocycles. The van der Waals surface area contributed by atoms with E-state index in [0.717, 1.165) is 41.9 Å². The number of furan rings is 1.